The molecule has 1 saturated heterocycles. The Balaban J connectivity index is 2.20. The Morgan fingerprint density at radius 1 is 1.33 bits per heavy atom. The van der Waals surface area contributed by atoms with Crippen molar-refractivity contribution in [1.82, 2.24) is 4.90 Å². The minimum atomic E-state index is -0.733. The molecule has 98 valence electrons. The van der Waals surface area contributed by atoms with Gasteiger partial charge in [-0.25, -0.2) is 0 Å². The van der Waals surface area contributed by atoms with Gasteiger partial charge in [-0.1, -0.05) is 18.2 Å². The van der Waals surface area contributed by atoms with Crippen LogP contribution in [0.25, 0.3) is 0 Å². The second-order valence-corrected chi connectivity index (χ2v) is 5.03. The number of para-hydroxylation sites is 1. The lowest BCUT2D eigenvalue weighted by atomic mass is 10.0. The van der Waals surface area contributed by atoms with E-state index >= 15 is 0 Å². The lowest BCUT2D eigenvalue weighted by Crippen LogP contribution is -2.56. The summed E-state index contributed by atoms with van der Waals surface area (Å²) in [4.78, 5) is 15.4. The Bertz CT molecular complexity index is 408. The van der Waals surface area contributed by atoms with Gasteiger partial charge in [-0.3, -0.25) is 9.69 Å². The predicted octanol–water partition coefficient (Wildman–Crippen LogP) is 1.67. The fourth-order valence-corrected chi connectivity index (χ4v) is 2.50. The lowest BCUT2D eigenvalue weighted by Gasteiger charge is -2.44. The van der Waals surface area contributed by atoms with Crippen LogP contribution in [0.15, 0.2) is 30.3 Å². The van der Waals surface area contributed by atoms with Gasteiger partial charge in [0.2, 0.25) is 0 Å². The number of piperazine rings is 1. The highest BCUT2D eigenvalue weighted by molar-refractivity contribution is 5.68. The molecule has 1 fully saturated rings. The molecule has 0 unspecified atom stereocenters. The molecule has 18 heavy (non-hydrogen) atoms. The van der Waals surface area contributed by atoms with E-state index in [0.29, 0.717) is 6.04 Å². The molecule has 2 rings (SSSR count). The monoisotopic (exact) mass is 248 g/mol. The molecular formula is C14H20N2O2. The zero-order valence-corrected chi connectivity index (χ0v) is 10.9. The van der Waals surface area contributed by atoms with Gasteiger partial charge in [-0.2, -0.15) is 0 Å². The van der Waals surface area contributed by atoms with Crippen molar-refractivity contribution in [2.75, 3.05) is 25.0 Å². The van der Waals surface area contributed by atoms with Crippen LogP contribution in [0.4, 0.5) is 5.69 Å². The standard InChI is InChI=1S/C14H20N2O2/c1-11-9-16(12-6-4-3-5-7-12)13(8-14(17)18)10-15(11)2/h3-7,11,13H,8-10H2,1-2H3,(H,17,18)/t11-,13+/m0/s1. The molecule has 0 aromatic heterocycles. The van der Waals surface area contributed by atoms with Crippen LogP contribution in [0.2, 0.25) is 0 Å². The van der Waals surface area contributed by atoms with Crippen molar-refractivity contribution in [3.05, 3.63) is 30.3 Å². The van der Waals surface area contributed by atoms with Gasteiger partial charge in [0, 0.05) is 24.8 Å². The van der Waals surface area contributed by atoms with Gasteiger partial charge in [0.1, 0.15) is 0 Å². The second kappa shape index (κ2) is 5.40. The molecule has 0 radical (unpaired) electrons. The number of anilines is 1. The molecular weight excluding hydrogens is 228 g/mol. The van der Waals surface area contributed by atoms with Gasteiger partial charge in [0.05, 0.1) is 12.5 Å². The maximum absolute atomic E-state index is 11.0. The molecule has 1 aromatic rings. The van der Waals surface area contributed by atoms with E-state index in [0.717, 1.165) is 18.8 Å². The average molecular weight is 248 g/mol. The number of carboxylic acid groups (broad SMARTS) is 1. The first kappa shape index (κ1) is 12.9. The SMILES string of the molecule is C[C@H]1CN(c2ccccc2)[C@H](CC(=O)O)CN1C. The first-order chi connectivity index (χ1) is 8.58. The summed E-state index contributed by atoms with van der Waals surface area (Å²) in [5.74, 6) is -0.733. The maximum atomic E-state index is 11.0. The Kier molecular flexibility index (Phi) is 3.87. The van der Waals surface area contributed by atoms with E-state index in [2.05, 4.69) is 23.8 Å². The molecule has 0 amide bonds. The van der Waals surface area contributed by atoms with Crippen molar-refractivity contribution in [3.8, 4) is 0 Å². The summed E-state index contributed by atoms with van der Waals surface area (Å²) in [5, 5.41) is 9.04. The van der Waals surface area contributed by atoms with Gasteiger partial charge in [-0.15, -0.1) is 0 Å². The Morgan fingerprint density at radius 3 is 2.61 bits per heavy atom. The lowest BCUT2D eigenvalue weighted by molar-refractivity contribution is -0.137. The normalized spacial score (nSPS) is 25.1. The van der Waals surface area contributed by atoms with E-state index in [1.807, 2.05) is 30.3 Å². The molecule has 0 saturated carbocycles. The van der Waals surface area contributed by atoms with Crippen LogP contribution in [0.1, 0.15) is 13.3 Å². The highest BCUT2D eigenvalue weighted by atomic mass is 16.4. The Morgan fingerprint density at radius 2 is 2.00 bits per heavy atom. The topological polar surface area (TPSA) is 43.8 Å². The summed E-state index contributed by atoms with van der Waals surface area (Å²) in [6.07, 6.45) is 0.186. The second-order valence-electron chi connectivity index (χ2n) is 5.03. The Hall–Kier alpha value is -1.55. The van der Waals surface area contributed by atoms with E-state index < -0.39 is 5.97 Å². The van der Waals surface area contributed by atoms with Gasteiger partial charge < -0.3 is 10.0 Å². The zero-order chi connectivity index (χ0) is 13.1. The number of likely N-dealkylation sites (N-methyl/N-ethyl adjacent to an activating group) is 1. The van der Waals surface area contributed by atoms with Crippen LogP contribution in [-0.4, -0.2) is 48.2 Å². The number of benzene rings is 1. The van der Waals surface area contributed by atoms with Crippen LogP contribution >= 0.6 is 0 Å². The number of hydrogen-bond acceptors (Lipinski definition) is 3. The molecule has 1 aliphatic rings. The third-order valence-electron chi connectivity index (χ3n) is 3.65. The molecule has 1 N–H and O–H groups in total. The third-order valence-corrected chi connectivity index (χ3v) is 3.65. The number of carboxylic acids is 1. The van der Waals surface area contributed by atoms with Crippen molar-refractivity contribution in [2.45, 2.75) is 25.4 Å². The van der Waals surface area contributed by atoms with Crippen LogP contribution in [0.3, 0.4) is 0 Å². The predicted molar refractivity (Wildman–Crippen MR) is 71.9 cm³/mol. The van der Waals surface area contributed by atoms with E-state index in [9.17, 15) is 4.79 Å². The van der Waals surface area contributed by atoms with Crippen LogP contribution in [0, 0.1) is 0 Å². The van der Waals surface area contributed by atoms with Crippen molar-refractivity contribution in [2.24, 2.45) is 0 Å². The molecule has 0 bridgehead atoms. The first-order valence-electron chi connectivity index (χ1n) is 6.31. The molecule has 1 aromatic carbocycles. The van der Waals surface area contributed by atoms with Crippen molar-refractivity contribution in [1.29, 1.82) is 0 Å². The minimum Gasteiger partial charge on any atom is -0.481 e. The molecule has 0 spiro atoms. The highest BCUT2D eigenvalue weighted by Gasteiger charge is 2.30. The average Bonchev–Trinajstić information content (AvgIpc) is 2.34. The quantitative estimate of drug-likeness (QED) is 0.883. The minimum absolute atomic E-state index is 0.0473. The van der Waals surface area contributed by atoms with Crippen molar-refractivity contribution in [3.63, 3.8) is 0 Å². The van der Waals surface area contributed by atoms with E-state index in [-0.39, 0.29) is 12.5 Å². The smallest absolute Gasteiger partial charge is 0.305 e. The van der Waals surface area contributed by atoms with Gasteiger partial charge in [-0.05, 0) is 26.1 Å². The number of carbonyl (C=O) groups is 1. The number of hydrogen-bond donors (Lipinski definition) is 1. The summed E-state index contributed by atoms with van der Waals surface area (Å²) in [5.41, 5.74) is 1.11. The van der Waals surface area contributed by atoms with Gasteiger partial charge >= 0.3 is 5.97 Å². The number of rotatable bonds is 3. The number of aliphatic carboxylic acids is 1. The zero-order valence-electron chi connectivity index (χ0n) is 10.9. The van der Waals surface area contributed by atoms with Crippen LogP contribution in [-0.2, 0) is 4.79 Å². The highest BCUT2D eigenvalue weighted by Crippen LogP contribution is 2.23. The maximum Gasteiger partial charge on any atom is 0.305 e. The van der Waals surface area contributed by atoms with E-state index in [4.69, 9.17) is 5.11 Å². The Labute approximate surface area is 108 Å². The van der Waals surface area contributed by atoms with Crippen LogP contribution < -0.4 is 4.90 Å². The molecule has 2 atom stereocenters. The molecule has 0 aliphatic carbocycles. The molecule has 4 heteroatoms. The summed E-state index contributed by atoms with van der Waals surface area (Å²) >= 11 is 0. The largest absolute Gasteiger partial charge is 0.481 e. The van der Waals surface area contributed by atoms with Gasteiger partial charge in [0.25, 0.3) is 0 Å². The fraction of sp³-hybridized carbons (Fsp3) is 0.500. The summed E-state index contributed by atoms with van der Waals surface area (Å²) < 4.78 is 0. The molecule has 1 heterocycles. The summed E-state index contributed by atoms with van der Waals surface area (Å²) in [6, 6.07) is 10.6. The summed E-state index contributed by atoms with van der Waals surface area (Å²) in [7, 11) is 2.06. The first-order valence-corrected chi connectivity index (χ1v) is 6.31. The molecule has 4 nitrogen and oxygen atoms in total. The third kappa shape index (κ3) is 2.82. The van der Waals surface area contributed by atoms with E-state index in [1.54, 1.807) is 0 Å². The molecule has 1 aliphatic heterocycles. The van der Waals surface area contributed by atoms with Gasteiger partial charge in [0.15, 0.2) is 0 Å². The van der Waals surface area contributed by atoms with Crippen molar-refractivity contribution >= 4 is 11.7 Å². The summed E-state index contributed by atoms with van der Waals surface area (Å²) in [6.45, 7) is 3.84. The van der Waals surface area contributed by atoms with E-state index in [1.165, 1.54) is 0 Å². The number of nitrogens with zero attached hydrogens (tertiary/aromatic N) is 2. The van der Waals surface area contributed by atoms with Crippen molar-refractivity contribution < 1.29 is 9.90 Å². The van der Waals surface area contributed by atoms with Crippen LogP contribution in [0.5, 0.6) is 0 Å². The fourth-order valence-electron chi connectivity index (χ4n) is 2.50.